The minimum atomic E-state index is -3.19. The number of carbonyl (C=O) groups is 1. The Hall–Kier alpha value is -1.78. The molecule has 0 radical (unpaired) electrons. The van der Waals surface area contributed by atoms with Gasteiger partial charge in [0.05, 0.1) is 38.2 Å². The van der Waals surface area contributed by atoms with Crippen LogP contribution in [0.25, 0.3) is 0 Å². The van der Waals surface area contributed by atoms with Crippen LogP contribution < -0.4 is 5.56 Å². The molecule has 0 bridgehead atoms. The Morgan fingerprint density at radius 3 is 3.00 bits per heavy atom. The fourth-order valence-corrected chi connectivity index (χ4v) is 4.06. The van der Waals surface area contributed by atoms with Crippen molar-refractivity contribution in [1.82, 2.24) is 14.7 Å². The van der Waals surface area contributed by atoms with Crippen molar-refractivity contribution in [3.8, 4) is 0 Å². The topological polar surface area (TPSA) is 108 Å². The van der Waals surface area contributed by atoms with Crippen LogP contribution in [0.4, 0.5) is 0 Å². The van der Waals surface area contributed by atoms with Gasteiger partial charge in [-0.05, 0) is 18.9 Å². The van der Waals surface area contributed by atoms with E-state index in [1.807, 2.05) is 0 Å². The maximum absolute atomic E-state index is 12.4. The van der Waals surface area contributed by atoms with Gasteiger partial charge in [-0.3, -0.25) is 9.59 Å². The number of hydrogen-bond acceptors (Lipinski definition) is 7. The lowest BCUT2D eigenvalue weighted by molar-refractivity contribution is -0.136. The summed E-state index contributed by atoms with van der Waals surface area (Å²) in [5, 5.41) is 4.06. The summed E-state index contributed by atoms with van der Waals surface area (Å²) in [4.78, 5) is 25.9. The third-order valence-electron chi connectivity index (χ3n) is 4.89. The van der Waals surface area contributed by atoms with Gasteiger partial charge in [-0.2, -0.15) is 5.10 Å². The van der Waals surface area contributed by atoms with E-state index in [4.69, 9.17) is 9.47 Å². The molecule has 9 nitrogen and oxygen atoms in total. The Morgan fingerprint density at radius 1 is 1.44 bits per heavy atom. The number of aromatic nitrogens is 2. The molecule has 2 atom stereocenters. The van der Waals surface area contributed by atoms with Gasteiger partial charge in [-0.25, -0.2) is 13.1 Å². The average molecular weight is 399 g/mol. The smallest absolute Gasteiger partial charge is 0.266 e. The second kappa shape index (κ2) is 8.07. The van der Waals surface area contributed by atoms with Crippen LogP contribution in [-0.2, 0) is 30.7 Å². The van der Waals surface area contributed by atoms with E-state index in [9.17, 15) is 18.0 Å². The number of nitrogens with zero attached hydrogens (tertiary/aromatic N) is 3. The van der Waals surface area contributed by atoms with Gasteiger partial charge < -0.3 is 14.4 Å². The second-order valence-corrected chi connectivity index (χ2v) is 9.51. The zero-order valence-corrected chi connectivity index (χ0v) is 16.2. The van der Waals surface area contributed by atoms with Gasteiger partial charge in [0.15, 0.2) is 0 Å². The maximum atomic E-state index is 12.4. The zero-order valence-electron chi connectivity index (χ0n) is 15.4. The molecule has 0 aliphatic carbocycles. The monoisotopic (exact) mass is 399 g/mol. The first-order chi connectivity index (χ1) is 12.8. The van der Waals surface area contributed by atoms with E-state index in [0.717, 1.165) is 12.7 Å². The molecule has 1 aromatic heterocycles. The van der Waals surface area contributed by atoms with Gasteiger partial charge in [0.1, 0.15) is 15.4 Å². The third-order valence-corrected chi connectivity index (χ3v) is 5.84. The van der Waals surface area contributed by atoms with Crippen molar-refractivity contribution in [1.29, 1.82) is 0 Å². The molecule has 2 aliphatic heterocycles. The highest BCUT2D eigenvalue weighted by Crippen LogP contribution is 2.33. The standard InChI is InChI=1S/C17H25N3O6S/c1-27(23,24)10-5-15(21)19-8-9-25-13-17(12-19)6-4-14(26-17)11-20-16(22)3-2-7-18-20/h2-3,7,14H,4-6,8-13H2,1H3. The van der Waals surface area contributed by atoms with Crippen molar-refractivity contribution in [3.05, 3.63) is 28.7 Å². The summed E-state index contributed by atoms with van der Waals surface area (Å²) in [6, 6.07) is 3.05. The fraction of sp³-hybridized carbons (Fsp3) is 0.706. The number of amides is 1. The Labute approximate surface area is 158 Å². The van der Waals surface area contributed by atoms with Gasteiger partial charge in [0.2, 0.25) is 5.91 Å². The van der Waals surface area contributed by atoms with E-state index in [-0.39, 0.29) is 29.7 Å². The van der Waals surface area contributed by atoms with Crippen LogP contribution in [0.2, 0.25) is 0 Å². The van der Waals surface area contributed by atoms with Crippen molar-refractivity contribution >= 4 is 15.7 Å². The molecule has 27 heavy (non-hydrogen) atoms. The molecular weight excluding hydrogens is 374 g/mol. The van der Waals surface area contributed by atoms with E-state index < -0.39 is 15.4 Å². The van der Waals surface area contributed by atoms with E-state index in [0.29, 0.717) is 39.3 Å². The first kappa shape index (κ1) is 20.0. The van der Waals surface area contributed by atoms with Crippen molar-refractivity contribution in [2.45, 2.75) is 37.5 Å². The van der Waals surface area contributed by atoms with Gasteiger partial charge in [0, 0.05) is 31.5 Å². The molecule has 0 aromatic carbocycles. The summed E-state index contributed by atoms with van der Waals surface area (Å²) in [5.41, 5.74) is -0.808. The van der Waals surface area contributed by atoms with Crippen LogP contribution in [0.1, 0.15) is 19.3 Å². The van der Waals surface area contributed by atoms with Crippen LogP contribution in [0.15, 0.2) is 23.1 Å². The Bertz CT molecular complexity index is 839. The van der Waals surface area contributed by atoms with E-state index in [1.54, 1.807) is 17.2 Å². The highest BCUT2D eigenvalue weighted by atomic mass is 32.2. The predicted octanol–water partition coefficient (Wildman–Crippen LogP) is -0.545. The summed E-state index contributed by atoms with van der Waals surface area (Å²) < 4.78 is 35.9. The number of rotatable bonds is 5. The Kier molecular flexibility index (Phi) is 5.97. The second-order valence-electron chi connectivity index (χ2n) is 7.25. The lowest BCUT2D eigenvalue weighted by Gasteiger charge is -2.32. The molecule has 1 amide bonds. The van der Waals surface area contributed by atoms with Gasteiger partial charge >= 0.3 is 0 Å². The molecule has 1 aromatic rings. The quantitative estimate of drug-likeness (QED) is 0.654. The maximum Gasteiger partial charge on any atom is 0.266 e. The Morgan fingerprint density at radius 2 is 2.26 bits per heavy atom. The van der Waals surface area contributed by atoms with Crippen molar-refractivity contribution in [2.24, 2.45) is 0 Å². The van der Waals surface area contributed by atoms with Crippen LogP contribution in [0, 0.1) is 0 Å². The van der Waals surface area contributed by atoms with Crippen molar-refractivity contribution in [2.75, 3.05) is 38.3 Å². The highest BCUT2D eigenvalue weighted by Gasteiger charge is 2.44. The van der Waals surface area contributed by atoms with Crippen molar-refractivity contribution < 1.29 is 22.7 Å². The van der Waals surface area contributed by atoms with E-state index in [2.05, 4.69) is 5.10 Å². The summed E-state index contributed by atoms with van der Waals surface area (Å²) in [7, 11) is -3.19. The molecule has 2 fully saturated rings. The summed E-state index contributed by atoms with van der Waals surface area (Å²) in [6.07, 6.45) is 3.89. The summed E-state index contributed by atoms with van der Waals surface area (Å²) in [5.74, 6) is -0.374. The zero-order chi connectivity index (χ0) is 19.5. The molecule has 2 unspecified atom stereocenters. The number of hydrogen-bond donors (Lipinski definition) is 0. The SMILES string of the molecule is CS(=O)(=O)CCC(=O)N1CCOCC2(CCC(Cn3ncccc3=O)O2)C1. The first-order valence-corrected chi connectivity index (χ1v) is 11.1. The first-order valence-electron chi connectivity index (χ1n) is 9.00. The molecule has 10 heteroatoms. The molecule has 0 saturated carbocycles. The molecule has 150 valence electrons. The molecule has 1 spiro atoms. The number of ether oxygens (including phenoxy) is 2. The average Bonchev–Trinajstić information content (AvgIpc) is 2.86. The number of carbonyl (C=O) groups excluding carboxylic acids is 1. The van der Waals surface area contributed by atoms with Gasteiger partial charge in [0.25, 0.3) is 5.56 Å². The molecule has 3 heterocycles. The van der Waals surface area contributed by atoms with Crippen LogP contribution in [-0.4, -0.2) is 79.0 Å². The lowest BCUT2D eigenvalue weighted by atomic mass is 10.00. The predicted molar refractivity (Wildman–Crippen MR) is 97.1 cm³/mol. The minimum Gasteiger partial charge on any atom is -0.377 e. The fourth-order valence-electron chi connectivity index (χ4n) is 3.51. The normalized spacial score (nSPS) is 26.3. The molecule has 3 rings (SSSR count). The Balaban J connectivity index is 1.64. The molecule has 0 N–H and O–H groups in total. The highest BCUT2D eigenvalue weighted by molar-refractivity contribution is 7.90. The molecule has 2 saturated heterocycles. The third kappa shape index (κ3) is 5.36. The molecular formula is C17H25N3O6S. The van der Waals surface area contributed by atoms with E-state index in [1.165, 1.54) is 10.7 Å². The summed E-state index contributed by atoms with van der Waals surface area (Å²) >= 11 is 0. The molecule has 2 aliphatic rings. The number of sulfone groups is 1. The van der Waals surface area contributed by atoms with Crippen LogP contribution in [0.5, 0.6) is 0 Å². The van der Waals surface area contributed by atoms with E-state index >= 15 is 0 Å². The largest absolute Gasteiger partial charge is 0.377 e. The minimum absolute atomic E-state index is 0.0400. The van der Waals surface area contributed by atoms with Crippen LogP contribution >= 0.6 is 0 Å². The van der Waals surface area contributed by atoms with Gasteiger partial charge in [-0.1, -0.05) is 0 Å². The van der Waals surface area contributed by atoms with Crippen molar-refractivity contribution in [3.63, 3.8) is 0 Å². The van der Waals surface area contributed by atoms with Crippen LogP contribution in [0.3, 0.4) is 0 Å². The van der Waals surface area contributed by atoms with Gasteiger partial charge in [-0.15, -0.1) is 0 Å². The summed E-state index contributed by atoms with van der Waals surface area (Å²) in [6.45, 7) is 1.89. The lowest BCUT2D eigenvalue weighted by Crippen LogP contribution is -2.47.